The third-order valence-corrected chi connectivity index (χ3v) is 14.3. The molecule has 0 aromatic heterocycles. The highest BCUT2D eigenvalue weighted by Gasteiger charge is 2.26. The van der Waals surface area contributed by atoms with Crippen LogP contribution in [-0.2, 0) is 32.7 Å². The summed E-state index contributed by atoms with van der Waals surface area (Å²) in [5, 5.41) is 0. The summed E-state index contributed by atoms with van der Waals surface area (Å²) in [4.78, 5) is 35.0. The van der Waals surface area contributed by atoms with Gasteiger partial charge in [0, 0.05) is 19.4 Å². The molecule has 0 aliphatic rings. The normalized spacial score (nSPS) is 13.3. The van der Waals surface area contributed by atoms with Crippen LogP contribution >= 0.6 is 7.82 Å². The summed E-state index contributed by atoms with van der Waals surface area (Å²) in [5.74, 6) is -0.851. The fraction of sp³-hybridized carbons (Fsp3) is 0.867. The zero-order chi connectivity index (χ0) is 51.0. The second-order valence-electron chi connectivity index (χ2n) is 20.2. The van der Waals surface area contributed by atoms with Crippen LogP contribution in [0.3, 0.4) is 0 Å². The topological polar surface area (TPSA) is 134 Å². The SMILES string of the molecule is CC/C=C\C/C=C\C/C=C\CCCCCC(=O)OC(COC(=O)CCCCCCCCCCCCCCCCCCCCCCCCCCCCCCCCCCCCCC)COP(=O)(O)OCCN. The van der Waals surface area contributed by atoms with E-state index >= 15 is 0 Å². The van der Waals surface area contributed by atoms with Crippen molar-refractivity contribution in [2.75, 3.05) is 26.4 Å². The number of phosphoric acid groups is 1. The Kier molecular flexibility index (Phi) is 55.1. The van der Waals surface area contributed by atoms with Gasteiger partial charge in [-0.3, -0.25) is 18.6 Å². The van der Waals surface area contributed by atoms with Gasteiger partial charge < -0.3 is 20.1 Å². The Morgan fingerprint density at radius 2 is 0.786 bits per heavy atom. The molecule has 0 aromatic rings. The number of rotatable bonds is 57. The predicted octanol–water partition coefficient (Wildman–Crippen LogP) is 18.8. The molecule has 2 atom stereocenters. The van der Waals surface area contributed by atoms with Crippen molar-refractivity contribution < 1.29 is 37.6 Å². The van der Waals surface area contributed by atoms with Gasteiger partial charge in [-0.2, -0.15) is 0 Å². The Morgan fingerprint density at radius 1 is 0.443 bits per heavy atom. The highest BCUT2D eigenvalue weighted by molar-refractivity contribution is 7.47. The molecule has 0 aliphatic carbocycles. The van der Waals surface area contributed by atoms with Crippen LogP contribution in [0.25, 0.3) is 0 Å². The van der Waals surface area contributed by atoms with Crippen LogP contribution in [0.4, 0.5) is 0 Å². The van der Waals surface area contributed by atoms with Crippen molar-refractivity contribution in [2.24, 2.45) is 5.73 Å². The number of carbonyl (C=O) groups excluding carboxylic acids is 2. The van der Waals surface area contributed by atoms with E-state index in [0.717, 1.165) is 57.8 Å². The van der Waals surface area contributed by atoms with Crippen molar-refractivity contribution in [3.8, 4) is 0 Å². The summed E-state index contributed by atoms with van der Waals surface area (Å²) in [5.41, 5.74) is 5.37. The van der Waals surface area contributed by atoms with Gasteiger partial charge >= 0.3 is 19.8 Å². The largest absolute Gasteiger partial charge is 0.472 e. The summed E-state index contributed by atoms with van der Waals surface area (Å²) in [6.45, 7) is 3.63. The van der Waals surface area contributed by atoms with Crippen molar-refractivity contribution >= 4 is 19.8 Å². The lowest BCUT2D eigenvalue weighted by atomic mass is 10.0. The smallest absolute Gasteiger partial charge is 0.462 e. The Morgan fingerprint density at radius 3 is 1.17 bits per heavy atom. The Bertz CT molecular complexity index is 1240. The van der Waals surface area contributed by atoms with E-state index in [1.54, 1.807) is 0 Å². The molecule has 2 unspecified atom stereocenters. The number of allylic oxidation sites excluding steroid dienone is 6. The van der Waals surface area contributed by atoms with E-state index in [-0.39, 0.29) is 38.6 Å². The van der Waals surface area contributed by atoms with Crippen LogP contribution in [-0.4, -0.2) is 49.3 Å². The maximum Gasteiger partial charge on any atom is 0.472 e. The average Bonchev–Trinajstić information content (AvgIpc) is 3.35. The molecule has 0 aliphatic heterocycles. The van der Waals surface area contributed by atoms with Gasteiger partial charge in [0.05, 0.1) is 13.2 Å². The summed E-state index contributed by atoms with van der Waals surface area (Å²) < 4.78 is 32.9. The molecule has 3 N–H and O–H groups in total. The first-order chi connectivity index (χ1) is 34.3. The molecular formula is C60H114NO8P. The Labute approximate surface area is 433 Å². The lowest BCUT2D eigenvalue weighted by Crippen LogP contribution is -2.29. The monoisotopic (exact) mass is 1010 g/mol. The molecule has 0 amide bonds. The summed E-state index contributed by atoms with van der Waals surface area (Å²) in [6, 6.07) is 0. The third kappa shape index (κ3) is 55.5. The van der Waals surface area contributed by atoms with Gasteiger partial charge in [-0.1, -0.05) is 281 Å². The van der Waals surface area contributed by atoms with Gasteiger partial charge in [-0.25, -0.2) is 4.57 Å². The maximum absolute atomic E-state index is 12.6. The minimum Gasteiger partial charge on any atom is -0.462 e. The van der Waals surface area contributed by atoms with Crippen LogP contribution in [0, 0.1) is 0 Å². The Balaban J connectivity index is 3.74. The van der Waals surface area contributed by atoms with Crippen LogP contribution in [0.2, 0.25) is 0 Å². The lowest BCUT2D eigenvalue weighted by Gasteiger charge is -2.19. The molecule has 0 radical (unpaired) electrons. The molecule has 10 heteroatoms. The Hall–Kier alpha value is -1.77. The van der Waals surface area contributed by atoms with E-state index in [4.69, 9.17) is 24.3 Å². The third-order valence-electron chi connectivity index (χ3n) is 13.3. The van der Waals surface area contributed by atoms with Crippen molar-refractivity contribution in [2.45, 2.75) is 309 Å². The number of nitrogens with two attached hydrogens (primary N) is 1. The molecule has 412 valence electrons. The number of ether oxygens (including phenoxy) is 2. The molecule has 0 bridgehead atoms. The molecule has 0 aromatic carbocycles. The molecular weight excluding hydrogens is 894 g/mol. The first-order valence-corrected chi connectivity index (χ1v) is 31.5. The molecule has 0 heterocycles. The van der Waals surface area contributed by atoms with E-state index in [1.807, 2.05) is 0 Å². The summed E-state index contributed by atoms with van der Waals surface area (Å²) >= 11 is 0. The molecule has 0 fully saturated rings. The van der Waals surface area contributed by atoms with Crippen LogP contribution in [0.5, 0.6) is 0 Å². The number of esters is 2. The van der Waals surface area contributed by atoms with Crippen LogP contribution in [0.15, 0.2) is 36.5 Å². The summed E-state index contributed by atoms with van der Waals surface area (Å²) in [7, 11) is -4.39. The highest BCUT2D eigenvalue weighted by Crippen LogP contribution is 2.43. The van der Waals surface area contributed by atoms with Gasteiger partial charge in [0.2, 0.25) is 0 Å². The molecule has 0 rings (SSSR count). The number of hydrogen-bond acceptors (Lipinski definition) is 8. The van der Waals surface area contributed by atoms with E-state index in [2.05, 4.69) is 50.3 Å². The van der Waals surface area contributed by atoms with Crippen molar-refractivity contribution in [3.05, 3.63) is 36.5 Å². The molecule has 0 spiro atoms. The minimum atomic E-state index is -4.39. The summed E-state index contributed by atoms with van der Waals surface area (Å²) in [6.07, 6.45) is 68.3. The fourth-order valence-electron chi connectivity index (χ4n) is 8.89. The van der Waals surface area contributed by atoms with Crippen molar-refractivity contribution in [1.29, 1.82) is 0 Å². The zero-order valence-corrected chi connectivity index (χ0v) is 46.9. The van der Waals surface area contributed by atoms with E-state index in [9.17, 15) is 19.0 Å². The van der Waals surface area contributed by atoms with E-state index < -0.39 is 26.5 Å². The molecule has 0 saturated heterocycles. The van der Waals surface area contributed by atoms with Gasteiger partial charge in [-0.05, 0) is 44.9 Å². The lowest BCUT2D eigenvalue weighted by molar-refractivity contribution is -0.161. The minimum absolute atomic E-state index is 0.0491. The van der Waals surface area contributed by atoms with Crippen molar-refractivity contribution in [1.82, 2.24) is 0 Å². The average molecular weight is 1010 g/mol. The number of unbranched alkanes of at least 4 members (excludes halogenated alkanes) is 38. The van der Waals surface area contributed by atoms with Gasteiger partial charge in [0.1, 0.15) is 6.61 Å². The highest BCUT2D eigenvalue weighted by atomic mass is 31.2. The standard InChI is InChI=1S/C60H114NO8P/c1-3-5-7-9-11-13-15-17-18-19-20-21-22-23-24-25-26-27-28-29-30-31-32-33-34-35-36-37-38-39-41-42-44-46-48-50-52-59(62)66-56-58(57-68-70(64,65)67-55-54-61)69-60(63)53-51-49-47-45-43-40-16-14-12-10-8-6-4-2/h6,8,12,14,40,43,58H,3-5,7,9-11,13,15-39,41-42,44-57,61H2,1-2H3,(H,64,65)/b8-6-,14-12-,43-40-. The predicted molar refractivity (Wildman–Crippen MR) is 298 cm³/mol. The number of phosphoric ester groups is 1. The van der Waals surface area contributed by atoms with Crippen LogP contribution < -0.4 is 5.73 Å². The fourth-order valence-corrected chi connectivity index (χ4v) is 9.65. The zero-order valence-electron chi connectivity index (χ0n) is 46.0. The van der Waals surface area contributed by atoms with Gasteiger partial charge in [-0.15, -0.1) is 0 Å². The first-order valence-electron chi connectivity index (χ1n) is 30.0. The molecule has 70 heavy (non-hydrogen) atoms. The first kappa shape index (κ1) is 68.2. The van der Waals surface area contributed by atoms with Gasteiger partial charge in [0.25, 0.3) is 0 Å². The van der Waals surface area contributed by atoms with E-state index in [1.165, 1.54) is 212 Å². The quantitative estimate of drug-likeness (QED) is 0.0264. The maximum atomic E-state index is 12.6. The van der Waals surface area contributed by atoms with Crippen molar-refractivity contribution in [3.63, 3.8) is 0 Å². The number of hydrogen-bond donors (Lipinski definition) is 2. The van der Waals surface area contributed by atoms with E-state index in [0.29, 0.717) is 6.42 Å². The second kappa shape index (κ2) is 56.5. The molecule has 0 saturated carbocycles. The van der Waals surface area contributed by atoms with Gasteiger partial charge in [0.15, 0.2) is 6.10 Å². The molecule has 9 nitrogen and oxygen atoms in total. The van der Waals surface area contributed by atoms with Crippen LogP contribution in [0.1, 0.15) is 303 Å². The number of carbonyl (C=O) groups is 2. The second-order valence-corrected chi connectivity index (χ2v) is 21.7.